The molecule has 0 saturated carbocycles. The van der Waals surface area contributed by atoms with Crippen molar-refractivity contribution in [2.24, 2.45) is 0 Å². The second-order valence-corrected chi connectivity index (χ2v) is 8.23. The monoisotopic (exact) mass is 405 g/mol. The fraction of sp³-hybridized carbons (Fsp3) is 0.720. The Balaban J connectivity index is 1.84. The Kier molecular flexibility index (Phi) is 15.0. The summed E-state index contributed by atoms with van der Waals surface area (Å²) in [5.41, 5.74) is 0.126. The molecule has 1 rings (SSSR count). The van der Waals surface area contributed by atoms with E-state index in [1.807, 2.05) is 0 Å². The second kappa shape index (κ2) is 17.2. The van der Waals surface area contributed by atoms with Crippen molar-refractivity contribution in [3.63, 3.8) is 0 Å². The zero-order valence-electron chi connectivity index (χ0n) is 18.6. The lowest BCUT2D eigenvalue weighted by Gasteiger charge is -2.07. The van der Waals surface area contributed by atoms with Crippen molar-refractivity contribution in [1.82, 2.24) is 5.32 Å². The topological polar surface area (TPSA) is 69.6 Å². The molecule has 1 aromatic carbocycles. The van der Waals surface area contributed by atoms with Crippen molar-refractivity contribution in [2.45, 2.75) is 110 Å². The van der Waals surface area contributed by atoms with Gasteiger partial charge in [-0.15, -0.1) is 0 Å². The van der Waals surface area contributed by atoms with Crippen molar-refractivity contribution in [3.8, 4) is 11.5 Å². The molecule has 1 aromatic rings. The highest BCUT2D eigenvalue weighted by Gasteiger charge is 2.12. The van der Waals surface area contributed by atoms with Gasteiger partial charge in [-0.1, -0.05) is 109 Å². The first-order chi connectivity index (χ1) is 14.2. The minimum Gasteiger partial charge on any atom is -0.504 e. The van der Waals surface area contributed by atoms with Crippen molar-refractivity contribution in [1.29, 1.82) is 0 Å². The Morgan fingerprint density at radius 1 is 0.724 bits per heavy atom. The van der Waals surface area contributed by atoms with Gasteiger partial charge in [-0.25, -0.2) is 0 Å². The molecular weight excluding hydrogens is 362 g/mol. The molecule has 0 aromatic heterocycles. The fourth-order valence-corrected chi connectivity index (χ4v) is 3.68. The molecule has 0 spiro atoms. The van der Waals surface area contributed by atoms with Crippen LogP contribution in [0.25, 0.3) is 0 Å². The summed E-state index contributed by atoms with van der Waals surface area (Å²) >= 11 is 0. The van der Waals surface area contributed by atoms with Gasteiger partial charge in [0.2, 0.25) is 0 Å². The van der Waals surface area contributed by atoms with Crippen LogP contribution in [0.15, 0.2) is 18.2 Å². The Hall–Kier alpha value is -1.71. The van der Waals surface area contributed by atoms with Crippen molar-refractivity contribution >= 4 is 5.91 Å². The van der Waals surface area contributed by atoms with Crippen LogP contribution < -0.4 is 5.32 Å². The molecule has 1 amide bonds. The first-order valence-corrected chi connectivity index (χ1v) is 12.0. The number of aromatic hydroxyl groups is 2. The zero-order chi connectivity index (χ0) is 21.2. The van der Waals surface area contributed by atoms with Crippen molar-refractivity contribution in [2.75, 3.05) is 6.54 Å². The van der Waals surface area contributed by atoms with E-state index >= 15 is 0 Å². The number of rotatable bonds is 18. The maximum Gasteiger partial charge on any atom is 0.255 e. The summed E-state index contributed by atoms with van der Waals surface area (Å²) in [5.74, 6) is -0.948. The highest BCUT2D eigenvalue weighted by molar-refractivity contribution is 5.97. The summed E-state index contributed by atoms with van der Waals surface area (Å²) in [6, 6.07) is 4.43. The molecule has 0 fully saturated rings. The standard InChI is InChI=1S/C25H43NO3/c1-2-3-4-5-6-7-8-9-10-11-12-13-14-15-16-17-21-26-25(29)22-19-18-20-23(27)24(22)28/h18-20,27-28H,2-17,21H2,1H3,(H,26,29). The molecule has 0 aliphatic rings. The van der Waals surface area contributed by atoms with E-state index < -0.39 is 0 Å². The van der Waals surface area contributed by atoms with Crippen molar-refractivity contribution in [3.05, 3.63) is 23.8 Å². The fourth-order valence-electron chi connectivity index (χ4n) is 3.68. The summed E-state index contributed by atoms with van der Waals surface area (Å²) in [4.78, 5) is 12.0. The number of carbonyl (C=O) groups excluding carboxylic acids is 1. The Morgan fingerprint density at radius 3 is 1.66 bits per heavy atom. The van der Waals surface area contributed by atoms with Gasteiger partial charge in [0.25, 0.3) is 5.91 Å². The van der Waals surface area contributed by atoms with Gasteiger partial charge in [0, 0.05) is 6.54 Å². The highest BCUT2D eigenvalue weighted by Crippen LogP contribution is 2.27. The minimum atomic E-state index is -0.350. The zero-order valence-corrected chi connectivity index (χ0v) is 18.6. The summed E-state index contributed by atoms with van der Waals surface area (Å²) in [7, 11) is 0. The molecule has 0 radical (unpaired) electrons. The number of nitrogens with one attached hydrogen (secondary N) is 1. The van der Waals surface area contributed by atoms with Gasteiger partial charge in [0.05, 0.1) is 5.56 Å². The van der Waals surface area contributed by atoms with E-state index in [4.69, 9.17) is 0 Å². The van der Waals surface area contributed by atoms with Crippen LogP contribution >= 0.6 is 0 Å². The smallest absolute Gasteiger partial charge is 0.255 e. The van der Waals surface area contributed by atoms with Crippen LogP contribution in [0.3, 0.4) is 0 Å². The summed E-state index contributed by atoms with van der Waals surface area (Å²) < 4.78 is 0. The van der Waals surface area contributed by atoms with Crippen LogP contribution in [0.1, 0.15) is 120 Å². The molecule has 0 unspecified atom stereocenters. The molecular formula is C25H43NO3. The van der Waals surface area contributed by atoms with Gasteiger partial charge in [0.1, 0.15) is 0 Å². The normalized spacial score (nSPS) is 10.9. The van der Waals surface area contributed by atoms with Crippen LogP contribution in [0, 0.1) is 0 Å². The lowest BCUT2D eigenvalue weighted by Crippen LogP contribution is -2.24. The number of amides is 1. The maximum absolute atomic E-state index is 12.0. The number of phenolic OH excluding ortho intramolecular Hbond substituents is 2. The Bertz CT molecular complexity index is 545. The van der Waals surface area contributed by atoms with Gasteiger partial charge < -0.3 is 15.5 Å². The third-order valence-electron chi connectivity index (χ3n) is 5.58. The molecule has 0 aliphatic heterocycles. The number of unbranched alkanes of at least 4 members (excludes halogenated alkanes) is 15. The van der Waals surface area contributed by atoms with E-state index in [1.165, 1.54) is 102 Å². The van der Waals surface area contributed by atoms with Crippen LogP contribution in [-0.2, 0) is 0 Å². The van der Waals surface area contributed by atoms with E-state index in [0.29, 0.717) is 6.54 Å². The molecule has 166 valence electrons. The predicted molar refractivity (Wildman–Crippen MR) is 122 cm³/mol. The van der Waals surface area contributed by atoms with E-state index in [2.05, 4.69) is 12.2 Å². The number of carbonyl (C=O) groups is 1. The van der Waals surface area contributed by atoms with Gasteiger partial charge >= 0.3 is 0 Å². The maximum atomic E-state index is 12.0. The molecule has 0 aliphatic carbocycles. The number of phenols is 2. The molecule has 0 saturated heterocycles. The number of para-hydroxylation sites is 1. The first-order valence-electron chi connectivity index (χ1n) is 12.0. The summed E-state index contributed by atoms with van der Waals surface area (Å²) in [6.07, 6.45) is 21.2. The first kappa shape index (κ1) is 25.3. The lowest BCUT2D eigenvalue weighted by molar-refractivity contribution is 0.0949. The van der Waals surface area contributed by atoms with Crippen LogP contribution in [0.2, 0.25) is 0 Å². The third-order valence-corrected chi connectivity index (χ3v) is 5.58. The van der Waals surface area contributed by atoms with Crippen LogP contribution in [0.4, 0.5) is 0 Å². The van der Waals surface area contributed by atoms with Gasteiger partial charge in [-0.2, -0.15) is 0 Å². The second-order valence-electron chi connectivity index (χ2n) is 8.23. The van der Waals surface area contributed by atoms with E-state index in [1.54, 1.807) is 6.07 Å². The quantitative estimate of drug-likeness (QED) is 0.180. The van der Waals surface area contributed by atoms with Gasteiger partial charge in [-0.3, -0.25) is 4.79 Å². The number of hydrogen-bond donors (Lipinski definition) is 3. The average molecular weight is 406 g/mol. The molecule has 4 heteroatoms. The Labute approximate surface area is 178 Å². The summed E-state index contributed by atoms with van der Waals surface area (Å²) in [6.45, 7) is 2.87. The SMILES string of the molecule is CCCCCCCCCCCCCCCCCCNC(=O)c1cccc(O)c1O. The number of hydrogen-bond acceptors (Lipinski definition) is 3. The van der Waals surface area contributed by atoms with Gasteiger partial charge in [0.15, 0.2) is 11.5 Å². The lowest BCUT2D eigenvalue weighted by atomic mass is 10.0. The van der Waals surface area contributed by atoms with E-state index in [0.717, 1.165) is 12.8 Å². The van der Waals surface area contributed by atoms with E-state index in [-0.39, 0.29) is 23.0 Å². The average Bonchev–Trinajstić information content (AvgIpc) is 2.72. The predicted octanol–water partition coefficient (Wildman–Crippen LogP) is 7.09. The molecule has 3 N–H and O–H groups in total. The van der Waals surface area contributed by atoms with Crippen molar-refractivity contribution < 1.29 is 15.0 Å². The third kappa shape index (κ3) is 12.5. The van der Waals surface area contributed by atoms with Crippen LogP contribution in [-0.4, -0.2) is 22.7 Å². The van der Waals surface area contributed by atoms with Crippen LogP contribution in [0.5, 0.6) is 11.5 Å². The highest BCUT2D eigenvalue weighted by atomic mass is 16.3. The molecule has 4 nitrogen and oxygen atoms in total. The molecule has 0 heterocycles. The Morgan fingerprint density at radius 2 is 1.17 bits per heavy atom. The molecule has 29 heavy (non-hydrogen) atoms. The molecule has 0 bridgehead atoms. The molecule has 0 atom stereocenters. The summed E-state index contributed by atoms with van der Waals surface area (Å²) in [5, 5.41) is 21.9. The van der Waals surface area contributed by atoms with E-state index in [9.17, 15) is 15.0 Å². The minimum absolute atomic E-state index is 0.126. The largest absolute Gasteiger partial charge is 0.504 e. The number of benzene rings is 1. The van der Waals surface area contributed by atoms with Gasteiger partial charge in [-0.05, 0) is 18.6 Å².